The zero-order valence-corrected chi connectivity index (χ0v) is 18.0. The molecule has 1 atom stereocenters. The highest BCUT2D eigenvalue weighted by molar-refractivity contribution is 5.99. The van der Waals surface area contributed by atoms with Gasteiger partial charge in [0.15, 0.2) is 0 Å². The summed E-state index contributed by atoms with van der Waals surface area (Å²) in [6, 6.07) is 17.2. The van der Waals surface area contributed by atoms with Crippen molar-refractivity contribution in [3.63, 3.8) is 0 Å². The fourth-order valence-corrected chi connectivity index (χ4v) is 3.44. The van der Waals surface area contributed by atoms with Crippen LogP contribution in [0, 0.1) is 0 Å². The minimum absolute atomic E-state index is 0.187. The van der Waals surface area contributed by atoms with E-state index in [4.69, 9.17) is 10.5 Å². The van der Waals surface area contributed by atoms with Gasteiger partial charge in [-0.05, 0) is 35.7 Å². The number of rotatable bonds is 8. The van der Waals surface area contributed by atoms with Crippen LogP contribution in [0.5, 0.6) is 5.88 Å². The zero-order valence-electron chi connectivity index (χ0n) is 18.0. The van der Waals surface area contributed by atoms with Gasteiger partial charge in [-0.1, -0.05) is 49.0 Å². The van der Waals surface area contributed by atoms with Crippen LogP contribution in [0.4, 0.5) is 18.9 Å². The first kappa shape index (κ1) is 23.8. The van der Waals surface area contributed by atoms with Crippen LogP contribution in [-0.4, -0.2) is 24.5 Å². The van der Waals surface area contributed by atoms with Gasteiger partial charge in [0.1, 0.15) is 5.92 Å². The number of amides is 1. The fraction of sp³-hybridized carbons (Fsp3) is 0.200. The molecular formula is C25H24F3N3O2. The maximum Gasteiger partial charge on any atom is 0.416 e. The SMILES string of the molecule is C=C(N)C(C(=O)N(CCc1ccc(C(F)(F)F)cc1)c1ccc(OC)nc1)c1ccccc1. The zero-order chi connectivity index (χ0) is 24.0. The third-order valence-electron chi connectivity index (χ3n) is 5.16. The molecule has 3 rings (SSSR count). The molecule has 1 unspecified atom stereocenters. The van der Waals surface area contributed by atoms with E-state index < -0.39 is 17.7 Å². The first-order valence-corrected chi connectivity index (χ1v) is 10.2. The molecule has 2 N–H and O–H groups in total. The Hall–Kier alpha value is -3.81. The Bertz CT molecular complexity index is 1080. The Morgan fingerprint density at radius 1 is 1.09 bits per heavy atom. The van der Waals surface area contributed by atoms with Gasteiger partial charge in [0.05, 0.1) is 24.6 Å². The molecule has 1 amide bonds. The minimum Gasteiger partial charge on any atom is -0.481 e. The predicted molar refractivity (Wildman–Crippen MR) is 121 cm³/mol. The molecule has 5 nitrogen and oxygen atoms in total. The molecule has 0 spiro atoms. The summed E-state index contributed by atoms with van der Waals surface area (Å²) in [4.78, 5) is 19.3. The van der Waals surface area contributed by atoms with Crippen molar-refractivity contribution in [3.05, 3.63) is 102 Å². The monoisotopic (exact) mass is 455 g/mol. The standard InChI is InChI=1S/C25H24F3N3O2/c1-17(29)23(19-6-4-3-5-7-19)24(32)31(21-12-13-22(33-2)30-16-21)15-14-18-8-10-20(11-9-18)25(26,27)28/h3-13,16,23H,1,14-15,29H2,2H3. The Kier molecular flexibility index (Phi) is 7.37. The lowest BCUT2D eigenvalue weighted by Gasteiger charge is -2.28. The average Bonchev–Trinajstić information content (AvgIpc) is 2.80. The molecule has 1 heterocycles. The highest BCUT2D eigenvalue weighted by Crippen LogP contribution is 2.30. The van der Waals surface area contributed by atoms with Gasteiger partial charge in [0.2, 0.25) is 11.8 Å². The second-order valence-electron chi connectivity index (χ2n) is 7.41. The number of nitrogens with two attached hydrogens (primary N) is 1. The van der Waals surface area contributed by atoms with Crippen molar-refractivity contribution >= 4 is 11.6 Å². The van der Waals surface area contributed by atoms with E-state index in [1.807, 2.05) is 6.07 Å². The normalized spacial score (nSPS) is 12.1. The first-order valence-electron chi connectivity index (χ1n) is 10.2. The van der Waals surface area contributed by atoms with Crippen molar-refractivity contribution in [3.8, 4) is 5.88 Å². The van der Waals surface area contributed by atoms with E-state index in [0.717, 1.165) is 12.1 Å². The summed E-state index contributed by atoms with van der Waals surface area (Å²) in [5.74, 6) is -0.717. The Morgan fingerprint density at radius 2 is 1.76 bits per heavy atom. The highest BCUT2D eigenvalue weighted by atomic mass is 19.4. The summed E-state index contributed by atoms with van der Waals surface area (Å²) in [6.45, 7) is 4.00. The number of hydrogen-bond donors (Lipinski definition) is 1. The van der Waals surface area contributed by atoms with Crippen LogP contribution in [0.25, 0.3) is 0 Å². The first-order chi connectivity index (χ1) is 15.7. The van der Waals surface area contributed by atoms with Crippen LogP contribution in [-0.2, 0) is 17.4 Å². The van der Waals surface area contributed by atoms with E-state index in [9.17, 15) is 18.0 Å². The Balaban J connectivity index is 1.90. The maximum atomic E-state index is 13.6. The lowest BCUT2D eigenvalue weighted by Crippen LogP contribution is -2.38. The van der Waals surface area contributed by atoms with Gasteiger partial charge in [-0.15, -0.1) is 0 Å². The minimum atomic E-state index is -4.40. The third kappa shape index (κ3) is 5.91. The largest absolute Gasteiger partial charge is 0.481 e. The number of pyridine rings is 1. The molecule has 3 aromatic rings. The lowest BCUT2D eigenvalue weighted by atomic mass is 9.94. The number of carbonyl (C=O) groups is 1. The fourth-order valence-electron chi connectivity index (χ4n) is 3.44. The molecule has 0 aliphatic carbocycles. The van der Waals surface area contributed by atoms with Crippen molar-refractivity contribution in [1.29, 1.82) is 0 Å². The number of nitrogens with zero attached hydrogens (tertiary/aromatic N) is 2. The van der Waals surface area contributed by atoms with Gasteiger partial charge >= 0.3 is 6.18 Å². The van der Waals surface area contributed by atoms with E-state index in [0.29, 0.717) is 29.1 Å². The van der Waals surface area contributed by atoms with E-state index in [-0.39, 0.29) is 18.1 Å². The molecule has 0 bridgehead atoms. The van der Waals surface area contributed by atoms with Gasteiger partial charge in [0.25, 0.3) is 0 Å². The smallest absolute Gasteiger partial charge is 0.416 e. The van der Waals surface area contributed by atoms with E-state index in [1.54, 1.807) is 36.4 Å². The molecule has 2 aromatic carbocycles. The molecule has 172 valence electrons. The third-order valence-corrected chi connectivity index (χ3v) is 5.16. The molecule has 0 aliphatic rings. The number of methoxy groups -OCH3 is 1. The van der Waals surface area contributed by atoms with E-state index in [2.05, 4.69) is 11.6 Å². The van der Waals surface area contributed by atoms with Crippen molar-refractivity contribution in [2.45, 2.75) is 18.5 Å². The number of benzene rings is 2. The molecular weight excluding hydrogens is 431 g/mol. The summed E-state index contributed by atoms with van der Waals surface area (Å²) in [5, 5.41) is 0. The lowest BCUT2D eigenvalue weighted by molar-refractivity contribution is -0.137. The molecule has 33 heavy (non-hydrogen) atoms. The second-order valence-corrected chi connectivity index (χ2v) is 7.41. The number of alkyl halides is 3. The summed E-state index contributed by atoms with van der Waals surface area (Å²) in [6.07, 6.45) is -2.57. The van der Waals surface area contributed by atoms with Crippen molar-refractivity contribution in [2.75, 3.05) is 18.6 Å². The van der Waals surface area contributed by atoms with Crippen LogP contribution in [0.15, 0.2) is 85.2 Å². The number of hydrogen-bond acceptors (Lipinski definition) is 4. The molecule has 0 aliphatic heterocycles. The van der Waals surface area contributed by atoms with Crippen LogP contribution in [0.2, 0.25) is 0 Å². The van der Waals surface area contributed by atoms with Crippen molar-refractivity contribution in [1.82, 2.24) is 4.98 Å². The summed E-state index contributed by atoms with van der Waals surface area (Å²) >= 11 is 0. The number of halogens is 3. The molecule has 8 heteroatoms. The van der Waals surface area contributed by atoms with Crippen molar-refractivity contribution in [2.24, 2.45) is 5.73 Å². The van der Waals surface area contributed by atoms with Gasteiger partial charge in [-0.25, -0.2) is 4.98 Å². The van der Waals surface area contributed by atoms with Gasteiger partial charge < -0.3 is 15.4 Å². The van der Waals surface area contributed by atoms with E-state index in [1.165, 1.54) is 30.3 Å². The molecule has 0 radical (unpaired) electrons. The van der Waals surface area contributed by atoms with Crippen LogP contribution in [0.1, 0.15) is 22.6 Å². The molecule has 0 saturated carbocycles. The molecule has 0 saturated heterocycles. The van der Waals surface area contributed by atoms with Gasteiger partial charge in [-0.2, -0.15) is 13.2 Å². The summed E-state index contributed by atoms with van der Waals surface area (Å²) in [7, 11) is 1.49. The Labute approximate surface area is 190 Å². The van der Waals surface area contributed by atoms with E-state index >= 15 is 0 Å². The van der Waals surface area contributed by atoms with Gasteiger partial charge in [-0.3, -0.25) is 4.79 Å². The second kappa shape index (κ2) is 10.2. The van der Waals surface area contributed by atoms with Crippen LogP contribution < -0.4 is 15.4 Å². The predicted octanol–water partition coefficient (Wildman–Crippen LogP) is 4.94. The Morgan fingerprint density at radius 3 is 2.27 bits per heavy atom. The van der Waals surface area contributed by atoms with Gasteiger partial charge in [0, 0.05) is 18.3 Å². The number of aromatic nitrogens is 1. The van der Waals surface area contributed by atoms with Crippen molar-refractivity contribution < 1.29 is 22.7 Å². The quantitative estimate of drug-likeness (QED) is 0.522. The van der Waals surface area contributed by atoms with Crippen LogP contribution >= 0.6 is 0 Å². The average molecular weight is 455 g/mol. The number of anilines is 1. The highest BCUT2D eigenvalue weighted by Gasteiger charge is 2.30. The number of ether oxygens (including phenoxy) is 1. The molecule has 0 fully saturated rings. The van der Waals surface area contributed by atoms with Crippen LogP contribution in [0.3, 0.4) is 0 Å². The summed E-state index contributed by atoms with van der Waals surface area (Å²) < 4.78 is 43.7. The number of carbonyl (C=O) groups excluding carboxylic acids is 1. The summed E-state index contributed by atoms with van der Waals surface area (Å²) in [5.41, 5.74) is 7.34. The molecule has 1 aromatic heterocycles. The topological polar surface area (TPSA) is 68.5 Å². The maximum absolute atomic E-state index is 13.6.